The Bertz CT molecular complexity index is 199. The largest absolute Gasteiger partial charge is 0.491 e. The number of nitrogens with one attached hydrogen (secondary N) is 1. The molecule has 1 aliphatic rings. The Kier molecular flexibility index (Phi) is 2.32. The van der Waals surface area contributed by atoms with Crippen molar-refractivity contribution in [1.29, 1.82) is 0 Å². The van der Waals surface area contributed by atoms with Crippen LogP contribution in [0.25, 0.3) is 0 Å². The lowest BCUT2D eigenvalue weighted by atomic mass is 10.4. The first-order chi connectivity index (χ1) is 5.29. The molecule has 0 aromatic rings. The number of rotatable bonds is 2. The third-order valence-electron chi connectivity index (χ3n) is 1.47. The second-order valence-electron chi connectivity index (χ2n) is 2.21. The Balaban J connectivity index is 2.86. The third kappa shape index (κ3) is 1.43. The average molecular weight is 156 g/mol. The van der Waals surface area contributed by atoms with Gasteiger partial charge < -0.3 is 15.1 Å². The van der Waals surface area contributed by atoms with E-state index in [2.05, 4.69) is 10.4 Å². The lowest BCUT2D eigenvalue weighted by molar-refractivity contribution is 0.273. The summed E-state index contributed by atoms with van der Waals surface area (Å²) in [4.78, 5) is 5.89. The van der Waals surface area contributed by atoms with Crippen molar-refractivity contribution in [1.82, 2.24) is 10.3 Å². The smallest absolute Gasteiger partial charge is 0.178 e. The maximum absolute atomic E-state index is 5.27. The van der Waals surface area contributed by atoms with Crippen molar-refractivity contribution < 1.29 is 4.74 Å². The normalized spacial score (nSPS) is 17.2. The molecule has 0 saturated carbocycles. The molecule has 0 aromatic carbocycles. The number of hydrogen-bond donors (Lipinski definition) is 2. The van der Waals surface area contributed by atoms with Gasteiger partial charge >= 0.3 is 0 Å². The Morgan fingerprint density at radius 3 is 3.00 bits per heavy atom. The fraction of sp³-hybridized carbons (Fsp3) is 0.500. The fourth-order valence-corrected chi connectivity index (χ4v) is 0.897. The summed E-state index contributed by atoms with van der Waals surface area (Å²) < 4.78 is 5.01. The van der Waals surface area contributed by atoms with E-state index in [4.69, 9.17) is 10.6 Å². The quantitative estimate of drug-likeness (QED) is 0.407. The highest BCUT2D eigenvalue weighted by Gasteiger charge is 2.12. The summed E-state index contributed by atoms with van der Waals surface area (Å²) in [6, 6.07) is 0. The van der Waals surface area contributed by atoms with E-state index in [0.29, 0.717) is 12.4 Å². The molecule has 0 amide bonds. The Hall–Kier alpha value is -1.23. The molecule has 3 N–H and O–H groups in total. The van der Waals surface area contributed by atoms with Crippen LogP contribution in [0, 0.1) is 0 Å². The molecule has 0 aromatic heterocycles. The predicted octanol–water partition coefficient (Wildman–Crippen LogP) is -0.761. The molecule has 0 bridgehead atoms. The highest BCUT2D eigenvalue weighted by Crippen LogP contribution is 2.07. The first-order valence-corrected chi connectivity index (χ1v) is 3.25. The molecule has 0 spiro atoms. The minimum atomic E-state index is 0.604. The number of nitrogens with two attached hydrogens (primary N) is 1. The van der Waals surface area contributed by atoms with E-state index >= 15 is 0 Å². The van der Waals surface area contributed by atoms with Crippen LogP contribution in [0.1, 0.15) is 0 Å². The zero-order valence-corrected chi connectivity index (χ0v) is 6.66. The molecule has 0 radical (unpaired) electrons. The second-order valence-corrected chi connectivity index (χ2v) is 2.21. The summed E-state index contributed by atoms with van der Waals surface area (Å²) >= 11 is 0. The maximum atomic E-state index is 5.27. The number of nitrogens with zero attached hydrogens (tertiary/aromatic N) is 2. The molecule has 0 unspecified atom stereocenters. The van der Waals surface area contributed by atoms with Crippen LogP contribution in [-0.4, -0.2) is 31.9 Å². The number of hydrazine groups is 1. The monoisotopic (exact) mass is 156 g/mol. The number of aliphatic imine (C=N–C) groups is 1. The molecule has 0 aliphatic carbocycles. The molecule has 0 saturated heterocycles. The Morgan fingerprint density at radius 2 is 2.55 bits per heavy atom. The summed E-state index contributed by atoms with van der Waals surface area (Å²) in [5.74, 6) is 6.67. The lowest BCUT2D eigenvalue weighted by Gasteiger charge is -2.24. The van der Waals surface area contributed by atoms with E-state index < -0.39 is 0 Å². The fourth-order valence-electron chi connectivity index (χ4n) is 0.897. The second kappa shape index (κ2) is 3.25. The number of ether oxygens (including phenoxy) is 1. The minimum Gasteiger partial charge on any atom is -0.491 e. The Morgan fingerprint density at radius 1 is 1.82 bits per heavy atom. The van der Waals surface area contributed by atoms with Crippen LogP contribution in [0.4, 0.5) is 0 Å². The molecule has 5 heteroatoms. The topological polar surface area (TPSA) is 62.9 Å². The predicted molar refractivity (Wildman–Crippen MR) is 42.5 cm³/mol. The van der Waals surface area contributed by atoms with Crippen molar-refractivity contribution in [3.8, 4) is 0 Å². The van der Waals surface area contributed by atoms with Gasteiger partial charge in [-0.25, -0.2) is 5.84 Å². The minimum absolute atomic E-state index is 0.604. The van der Waals surface area contributed by atoms with E-state index in [9.17, 15) is 0 Å². The first-order valence-electron chi connectivity index (χ1n) is 3.25. The molecular formula is C6H12N4O. The van der Waals surface area contributed by atoms with Crippen molar-refractivity contribution in [2.75, 3.05) is 20.8 Å². The number of methoxy groups -OCH3 is 1. The maximum Gasteiger partial charge on any atom is 0.178 e. The van der Waals surface area contributed by atoms with Gasteiger partial charge in [-0.05, 0) is 0 Å². The highest BCUT2D eigenvalue weighted by molar-refractivity contribution is 5.77. The van der Waals surface area contributed by atoms with Crippen LogP contribution in [0.3, 0.4) is 0 Å². The van der Waals surface area contributed by atoms with Gasteiger partial charge in [0.25, 0.3) is 0 Å². The molecular weight excluding hydrogens is 144 g/mol. The van der Waals surface area contributed by atoms with Gasteiger partial charge in [0.1, 0.15) is 6.67 Å². The van der Waals surface area contributed by atoms with Crippen molar-refractivity contribution in [3.05, 3.63) is 11.6 Å². The molecule has 0 atom stereocenters. The van der Waals surface area contributed by atoms with Gasteiger partial charge in [-0.3, -0.25) is 4.99 Å². The van der Waals surface area contributed by atoms with Crippen LogP contribution in [-0.2, 0) is 4.74 Å². The van der Waals surface area contributed by atoms with Crippen LogP contribution in [0.2, 0.25) is 0 Å². The summed E-state index contributed by atoms with van der Waals surface area (Å²) in [5, 5.41) is 0. The molecule has 0 fully saturated rings. The zero-order chi connectivity index (χ0) is 8.27. The lowest BCUT2D eigenvalue weighted by Crippen LogP contribution is -2.37. The van der Waals surface area contributed by atoms with Crippen LogP contribution >= 0.6 is 0 Å². The van der Waals surface area contributed by atoms with E-state index in [-0.39, 0.29) is 0 Å². The van der Waals surface area contributed by atoms with Crippen LogP contribution < -0.4 is 11.3 Å². The number of hydrogen-bond acceptors (Lipinski definition) is 5. The first kappa shape index (κ1) is 7.87. The standard InChI is InChI=1S/C6H12N4O/c1-10-4-8-3-5(11-2)6(10)9-7/h3,9H,4,7H2,1-2H3. The molecule has 5 nitrogen and oxygen atoms in total. The summed E-state index contributed by atoms with van der Waals surface area (Å²) in [5.41, 5.74) is 2.54. The van der Waals surface area contributed by atoms with Crippen molar-refractivity contribution in [3.63, 3.8) is 0 Å². The summed E-state index contributed by atoms with van der Waals surface area (Å²) in [7, 11) is 3.46. The van der Waals surface area contributed by atoms with Crippen molar-refractivity contribution >= 4 is 6.21 Å². The van der Waals surface area contributed by atoms with Gasteiger partial charge in [0.05, 0.1) is 13.3 Å². The molecule has 1 heterocycles. The van der Waals surface area contributed by atoms with Crippen LogP contribution in [0.5, 0.6) is 0 Å². The molecule has 1 aliphatic heterocycles. The van der Waals surface area contributed by atoms with Gasteiger partial charge in [0, 0.05) is 7.05 Å². The molecule has 62 valence electrons. The van der Waals surface area contributed by atoms with Gasteiger partial charge in [-0.1, -0.05) is 0 Å². The van der Waals surface area contributed by atoms with E-state index in [1.54, 1.807) is 13.3 Å². The SMILES string of the molecule is COC1=C(NN)N(C)CN=C1. The van der Waals surface area contributed by atoms with Gasteiger partial charge in [0.15, 0.2) is 11.6 Å². The van der Waals surface area contributed by atoms with Gasteiger partial charge in [-0.2, -0.15) is 0 Å². The number of allylic oxidation sites excluding steroid dienone is 1. The molecule has 1 rings (SSSR count). The van der Waals surface area contributed by atoms with Crippen molar-refractivity contribution in [2.24, 2.45) is 10.8 Å². The van der Waals surface area contributed by atoms with Gasteiger partial charge in [-0.15, -0.1) is 0 Å². The van der Waals surface area contributed by atoms with Crippen LogP contribution in [0.15, 0.2) is 16.6 Å². The Labute approximate surface area is 65.5 Å². The third-order valence-corrected chi connectivity index (χ3v) is 1.47. The van der Waals surface area contributed by atoms with E-state index in [1.165, 1.54) is 0 Å². The van der Waals surface area contributed by atoms with Gasteiger partial charge in [0.2, 0.25) is 0 Å². The summed E-state index contributed by atoms with van der Waals surface area (Å²) in [6.45, 7) is 0.604. The summed E-state index contributed by atoms with van der Waals surface area (Å²) in [6.07, 6.45) is 1.65. The van der Waals surface area contributed by atoms with Crippen molar-refractivity contribution in [2.45, 2.75) is 0 Å². The van der Waals surface area contributed by atoms with E-state index in [0.717, 1.165) is 5.82 Å². The highest BCUT2D eigenvalue weighted by atomic mass is 16.5. The van der Waals surface area contributed by atoms with E-state index in [1.807, 2.05) is 11.9 Å². The zero-order valence-electron chi connectivity index (χ0n) is 6.66. The average Bonchev–Trinajstić information content (AvgIpc) is 2.04. The molecule has 11 heavy (non-hydrogen) atoms.